The smallest absolute Gasteiger partial charge is 0.310 e. The van der Waals surface area contributed by atoms with E-state index in [1.807, 2.05) is 0 Å². The quantitative estimate of drug-likeness (QED) is 0.793. The highest BCUT2D eigenvalue weighted by Gasteiger charge is 2.13. The summed E-state index contributed by atoms with van der Waals surface area (Å²) in [7, 11) is 0. The van der Waals surface area contributed by atoms with E-state index in [9.17, 15) is 9.59 Å². The molecule has 0 aliphatic carbocycles. The molecule has 2 rings (SSSR count). The van der Waals surface area contributed by atoms with Crippen LogP contribution in [0, 0.1) is 0 Å². The first-order valence-electron chi connectivity index (χ1n) is 6.60. The van der Waals surface area contributed by atoms with Crippen molar-refractivity contribution in [3.05, 3.63) is 63.1 Å². The second kappa shape index (κ2) is 8.20. The van der Waals surface area contributed by atoms with Gasteiger partial charge in [0.05, 0.1) is 22.2 Å². The molecule has 0 fully saturated rings. The van der Waals surface area contributed by atoms with Crippen LogP contribution in [0.25, 0.3) is 0 Å². The Hall–Kier alpha value is -1.75. The summed E-state index contributed by atoms with van der Waals surface area (Å²) in [5, 5.41) is 3.57. The predicted octanol–water partition coefficient (Wildman–Crippen LogP) is 4.37. The SMILES string of the molecule is O=C(COC(=O)Cc1ccccc1Cl)Nc1c(Cl)cccc1Cl. The van der Waals surface area contributed by atoms with Gasteiger partial charge in [0.1, 0.15) is 0 Å². The maximum absolute atomic E-state index is 11.8. The molecule has 23 heavy (non-hydrogen) atoms. The molecule has 0 radical (unpaired) electrons. The second-order valence-electron chi connectivity index (χ2n) is 4.57. The highest BCUT2D eigenvalue weighted by atomic mass is 35.5. The molecule has 1 amide bonds. The zero-order valence-corrected chi connectivity index (χ0v) is 14.1. The van der Waals surface area contributed by atoms with Crippen LogP contribution in [0.3, 0.4) is 0 Å². The third-order valence-electron chi connectivity index (χ3n) is 2.88. The fourth-order valence-corrected chi connectivity index (χ4v) is 2.48. The standard InChI is InChI=1S/C16H12Cl3NO3/c17-11-5-2-1-4-10(11)8-15(22)23-9-14(21)20-16-12(18)6-3-7-13(16)19/h1-7H,8-9H2,(H,20,21). The molecule has 0 heterocycles. The number of esters is 1. The Morgan fingerprint density at radius 3 is 2.17 bits per heavy atom. The van der Waals surface area contributed by atoms with E-state index in [1.54, 1.807) is 42.5 Å². The average Bonchev–Trinajstić information content (AvgIpc) is 2.51. The molecule has 2 aromatic carbocycles. The number of ether oxygens (including phenoxy) is 1. The summed E-state index contributed by atoms with van der Waals surface area (Å²) in [6, 6.07) is 11.8. The van der Waals surface area contributed by atoms with E-state index < -0.39 is 18.5 Å². The number of para-hydroxylation sites is 1. The van der Waals surface area contributed by atoms with Crippen molar-refractivity contribution in [3.8, 4) is 0 Å². The lowest BCUT2D eigenvalue weighted by molar-refractivity contribution is -0.146. The van der Waals surface area contributed by atoms with Crippen molar-refractivity contribution in [2.24, 2.45) is 0 Å². The Morgan fingerprint density at radius 1 is 0.913 bits per heavy atom. The van der Waals surface area contributed by atoms with Crippen molar-refractivity contribution in [2.45, 2.75) is 6.42 Å². The van der Waals surface area contributed by atoms with Crippen molar-refractivity contribution in [2.75, 3.05) is 11.9 Å². The number of benzene rings is 2. The number of amides is 1. The molecule has 0 aromatic heterocycles. The lowest BCUT2D eigenvalue weighted by Crippen LogP contribution is -2.22. The maximum atomic E-state index is 11.8. The number of rotatable bonds is 5. The van der Waals surface area contributed by atoms with Gasteiger partial charge in [-0.2, -0.15) is 0 Å². The lowest BCUT2D eigenvalue weighted by atomic mass is 10.1. The monoisotopic (exact) mass is 371 g/mol. The summed E-state index contributed by atoms with van der Waals surface area (Å²) in [5.74, 6) is -1.09. The molecule has 0 aliphatic heterocycles. The van der Waals surface area contributed by atoms with Crippen molar-refractivity contribution < 1.29 is 14.3 Å². The van der Waals surface area contributed by atoms with Gasteiger partial charge in [0.25, 0.3) is 5.91 Å². The van der Waals surface area contributed by atoms with E-state index >= 15 is 0 Å². The summed E-state index contributed by atoms with van der Waals surface area (Å²) in [6.07, 6.45) is -0.0141. The minimum atomic E-state index is -0.557. The van der Waals surface area contributed by atoms with Crippen LogP contribution in [0.15, 0.2) is 42.5 Å². The van der Waals surface area contributed by atoms with E-state index in [-0.39, 0.29) is 12.1 Å². The van der Waals surface area contributed by atoms with Crippen LogP contribution in [0.2, 0.25) is 15.1 Å². The van der Waals surface area contributed by atoms with Crippen molar-refractivity contribution in [3.63, 3.8) is 0 Å². The molecule has 0 unspecified atom stereocenters. The number of carbonyl (C=O) groups is 2. The minimum absolute atomic E-state index is 0.0141. The summed E-state index contributed by atoms with van der Waals surface area (Å²) < 4.78 is 4.92. The molecule has 0 aliphatic rings. The van der Waals surface area contributed by atoms with Gasteiger partial charge in [0, 0.05) is 5.02 Å². The molecule has 0 bridgehead atoms. The van der Waals surface area contributed by atoms with Crippen LogP contribution in [0.4, 0.5) is 5.69 Å². The van der Waals surface area contributed by atoms with Crippen LogP contribution in [-0.2, 0) is 20.7 Å². The Bertz CT molecular complexity index is 714. The number of hydrogen-bond donors (Lipinski definition) is 1. The Labute approximate surface area is 148 Å². The fourth-order valence-electron chi connectivity index (χ4n) is 1.79. The van der Waals surface area contributed by atoms with Crippen LogP contribution < -0.4 is 5.32 Å². The van der Waals surface area contributed by atoms with Crippen molar-refractivity contribution >= 4 is 52.4 Å². The average molecular weight is 373 g/mol. The van der Waals surface area contributed by atoms with Crippen LogP contribution >= 0.6 is 34.8 Å². The van der Waals surface area contributed by atoms with Gasteiger partial charge in [-0.15, -0.1) is 0 Å². The Morgan fingerprint density at radius 2 is 1.52 bits per heavy atom. The first-order valence-corrected chi connectivity index (χ1v) is 7.73. The van der Waals surface area contributed by atoms with E-state index in [0.717, 1.165) is 0 Å². The van der Waals surface area contributed by atoms with Crippen LogP contribution in [-0.4, -0.2) is 18.5 Å². The largest absolute Gasteiger partial charge is 0.455 e. The predicted molar refractivity (Wildman–Crippen MR) is 91.2 cm³/mol. The molecular formula is C16H12Cl3NO3. The molecule has 4 nitrogen and oxygen atoms in total. The minimum Gasteiger partial charge on any atom is -0.455 e. The van der Waals surface area contributed by atoms with Gasteiger partial charge >= 0.3 is 5.97 Å². The topological polar surface area (TPSA) is 55.4 Å². The lowest BCUT2D eigenvalue weighted by Gasteiger charge is -2.10. The first kappa shape index (κ1) is 17.6. The molecule has 0 spiro atoms. The fraction of sp³-hybridized carbons (Fsp3) is 0.125. The second-order valence-corrected chi connectivity index (χ2v) is 5.80. The van der Waals surface area contributed by atoms with Gasteiger partial charge in [-0.3, -0.25) is 9.59 Å². The molecule has 2 aromatic rings. The third kappa shape index (κ3) is 5.13. The van der Waals surface area contributed by atoms with Gasteiger partial charge < -0.3 is 10.1 Å². The summed E-state index contributed by atoms with van der Waals surface area (Å²) in [4.78, 5) is 23.6. The number of carbonyl (C=O) groups excluding carboxylic acids is 2. The molecule has 0 atom stereocenters. The van der Waals surface area contributed by atoms with Gasteiger partial charge in [0.2, 0.25) is 0 Å². The van der Waals surface area contributed by atoms with Crippen LogP contribution in [0.1, 0.15) is 5.56 Å². The highest BCUT2D eigenvalue weighted by molar-refractivity contribution is 6.39. The van der Waals surface area contributed by atoms with E-state index in [2.05, 4.69) is 5.32 Å². The molecule has 120 valence electrons. The van der Waals surface area contributed by atoms with Gasteiger partial charge in [-0.25, -0.2) is 0 Å². The molecule has 0 saturated heterocycles. The highest BCUT2D eigenvalue weighted by Crippen LogP contribution is 2.29. The zero-order chi connectivity index (χ0) is 16.8. The summed E-state index contributed by atoms with van der Waals surface area (Å²) >= 11 is 17.8. The van der Waals surface area contributed by atoms with E-state index in [4.69, 9.17) is 39.5 Å². The maximum Gasteiger partial charge on any atom is 0.310 e. The molecule has 1 N–H and O–H groups in total. The number of nitrogens with one attached hydrogen (secondary N) is 1. The Kier molecular flexibility index (Phi) is 6.28. The number of anilines is 1. The zero-order valence-electron chi connectivity index (χ0n) is 11.8. The Balaban J connectivity index is 1.87. The van der Waals surface area contributed by atoms with Gasteiger partial charge in [-0.1, -0.05) is 59.1 Å². The normalized spacial score (nSPS) is 10.2. The first-order chi connectivity index (χ1) is 11.0. The van der Waals surface area contributed by atoms with E-state index in [0.29, 0.717) is 20.6 Å². The summed E-state index contributed by atoms with van der Waals surface area (Å²) in [5.41, 5.74) is 0.914. The third-order valence-corrected chi connectivity index (χ3v) is 3.88. The molecular weight excluding hydrogens is 361 g/mol. The molecule has 0 saturated carbocycles. The van der Waals surface area contributed by atoms with E-state index in [1.165, 1.54) is 0 Å². The van der Waals surface area contributed by atoms with Crippen molar-refractivity contribution in [1.29, 1.82) is 0 Å². The van der Waals surface area contributed by atoms with Gasteiger partial charge in [-0.05, 0) is 23.8 Å². The number of hydrogen-bond acceptors (Lipinski definition) is 3. The van der Waals surface area contributed by atoms with Crippen molar-refractivity contribution in [1.82, 2.24) is 0 Å². The van der Waals surface area contributed by atoms with Crippen LogP contribution in [0.5, 0.6) is 0 Å². The molecule has 7 heteroatoms. The summed E-state index contributed by atoms with van der Waals surface area (Å²) in [6.45, 7) is -0.440. The number of halogens is 3. The van der Waals surface area contributed by atoms with Gasteiger partial charge in [0.15, 0.2) is 6.61 Å².